The molecule has 1 N–H and O–H groups in total. The number of nitrogens with zero attached hydrogens (tertiary/aromatic N) is 1. The van der Waals surface area contributed by atoms with Gasteiger partial charge in [-0.15, -0.1) is 0 Å². The van der Waals surface area contributed by atoms with Crippen LogP contribution in [0.5, 0.6) is 5.75 Å². The Hall–Kier alpha value is -3.60. The van der Waals surface area contributed by atoms with E-state index in [4.69, 9.17) is 4.74 Å². The minimum Gasteiger partial charge on any atom is -0.484 e. The first-order valence-electron chi connectivity index (χ1n) is 9.09. The second kappa shape index (κ2) is 7.56. The van der Waals surface area contributed by atoms with E-state index in [0.717, 1.165) is 22.4 Å². The van der Waals surface area contributed by atoms with E-state index in [1.165, 1.54) is 0 Å². The molecule has 0 saturated carbocycles. The van der Waals surface area contributed by atoms with Crippen LogP contribution >= 0.6 is 0 Å². The maximum atomic E-state index is 12.5. The van der Waals surface area contributed by atoms with Crippen molar-refractivity contribution in [2.45, 2.75) is 13.5 Å². The van der Waals surface area contributed by atoms with Crippen LogP contribution in [0, 0.1) is 6.92 Å². The first kappa shape index (κ1) is 17.8. The highest BCUT2D eigenvalue weighted by molar-refractivity contribution is 6.10. The second-order valence-electron chi connectivity index (χ2n) is 6.75. The van der Waals surface area contributed by atoms with Gasteiger partial charge in [0.05, 0.1) is 6.54 Å². The van der Waals surface area contributed by atoms with E-state index in [1.54, 1.807) is 17.0 Å². The first-order chi connectivity index (χ1) is 13.6. The number of fused-ring (bicyclic) bond motifs is 1. The molecule has 0 radical (unpaired) electrons. The lowest BCUT2D eigenvalue weighted by molar-refractivity contribution is -0.118. The van der Waals surface area contributed by atoms with Gasteiger partial charge in [0.25, 0.3) is 11.8 Å². The monoisotopic (exact) mass is 372 g/mol. The van der Waals surface area contributed by atoms with E-state index in [1.807, 2.05) is 67.6 Å². The molecular weight excluding hydrogens is 352 g/mol. The minimum atomic E-state index is -0.238. The number of anilines is 2. The Balaban J connectivity index is 1.35. The average molecular weight is 372 g/mol. The highest BCUT2D eigenvalue weighted by atomic mass is 16.5. The van der Waals surface area contributed by atoms with E-state index in [2.05, 4.69) is 5.32 Å². The number of rotatable bonds is 5. The summed E-state index contributed by atoms with van der Waals surface area (Å²) >= 11 is 0. The summed E-state index contributed by atoms with van der Waals surface area (Å²) in [6.45, 7) is 2.49. The van der Waals surface area contributed by atoms with Gasteiger partial charge in [-0.3, -0.25) is 9.59 Å². The summed E-state index contributed by atoms with van der Waals surface area (Å²) in [6.07, 6.45) is 0. The van der Waals surface area contributed by atoms with Crippen molar-refractivity contribution in [3.8, 4) is 5.75 Å². The zero-order valence-corrected chi connectivity index (χ0v) is 15.5. The standard InChI is InChI=1S/C23H20N2O3/c1-16-6-12-20(13-7-16)28-15-22(26)24-18-8-10-19(11-9-18)25-14-17-4-2-3-5-21(17)23(25)27/h2-13H,14-15H2,1H3,(H,24,26). The zero-order chi connectivity index (χ0) is 19.5. The van der Waals surface area contributed by atoms with Crippen molar-refractivity contribution < 1.29 is 14.3 Å². The van der Waals surface area contributed by atoms with Gasteiger partial charge in [0.2, 0.25) is 0 Å². The third kappa shape index (κ3) is 3.74. The van der Waals surface area contributed by atoms with Crippen molar-refractivity contribution in [1.29, 1.82) is 0 Å². The fourth-order valence-corrected chi connectivity index (χ4v) is 3.17. The summed E-state index contributed by atoms with van der Waals surface area (Å²) in [5.74, 6) is 0.417. The lowest BCUT2D eigenvalue weighted by atomic mass is 10.1. The Kier molecular flexibility index (Phi) is 4.81. The van der Waals surface area contributed by atoms with Crippen LogP contribution in [0.1, 0.15) is 21.5 Å². The molecule has 3 aromatic rings. The topological polar surface area (TPSA) is 58.6 Å². The molecule has 0 aliphatic carbocycles. The summed E-state index contributed by atoms with van der Waals surface area (Å²) in [6, 6.07) is 22.4. The number of carbonyl (C=O) groups excluding carboxylic acids is 2. The van der Waals surface area contributed by atoms with E-state index < -0.39 is 0 Å². The van der Waals surface area contributed by atoms with Gasteiger partial charge in [-0.25, -0.2) is 0 Å². The van der Waals surface area contributed by atoms with Gasteiger partial charge in [-0.1, -0.05) is 35.9 Å². The Morgan fingerprint density at radius 2 is 1.71 bits per heavy atom. The summed E-state index contributed by atoms with van der Waals surface area (Å²) in [5, 5.41) is 2.80. The third-order valence-electron chi connectivity index (χ3n) is 4.68. The quantitative estimate of drug-likeness (QED) is 0.731. The Morgan fingerprint density at radius 1 is 1.00 bits per heavy atom. The zero-order valence-electron chi connectivity index (χ0n) is 15.5. The SMILES string of the molecule is Cc1ccc(OCC(=O)Nc2ccc(N3Cc4ccccc4C3=O)cc2)cc1. The molecule has 4 rings (SSSR count). The minimum absolute atomic E-state index is 0.00103. The predicted octanol–water partition coefficient (Wildman–Crippen LogP) is 4.17. The molecule has 1 aliphatic rings. The highest BCUT2D eigenvalue weighted by Crippen LogP contribution is 2.28. The van der Waals surface area contributed by atoms with Crippen LogP contribution in [0.2, 0.25) is 0 Å². The third-order valence-corrected chi connectivity index (χ3v) is 4.68. The Morgan fingerprint density at radius 3 is 2.43 bits per heavy atom. The highest BCUT2D eigenvalue weighted by Gasteiger charge is 2.27. The van der Waals surface area contributed by atoms with Gasteiger partial charge in [0, 0.05) is 16.9 Å². The van der Waals surface area contributed by atoms with Gasteiger partial charge in [-0.05, 0) is 55.0 Å². The van der Waals surface area contributed by atoms with Crippen LogP contribution in [0.15, 0.2) is 72.8 Å². The van der Waals surface area contributed by atoms with Crippen LogP contribution < -0.4 is 15.0 Å². The Labute approximate surface area is 163 Å². The van der Waals surface area contributed by atoms with E-state index in [0.29, 0.717) is 18.0 Å². The smallest absolute Gasteiger partial charge is 0.262 e. The molecule has 5 nitrogen and oxygen atoms in total. The molecule has 0 spiro atoms. The molecule has 0 aromatic heterocycles. The lowest BCUT2D eigenvalue weighted by Crippen LogP contribution is -2.23. The van der Waals surface area contributed by atoms with Gasteiger partial charge in [0.1, 0.15) is 5.75 Å². The van der Waals surface area contributed by atoms with Crippen molar-refractivity contribution in [1.82, 2.24) is 0 Å². The maximum Gasteiger partial charge on any atom is 0.262 e. The van der Waals surface area contributed by atoms with E-state index in [9.17, 15) is 9.59 Å². The van der Waals surface area contributed by atoms with Crippen LogP contribution in [0.25, 0.3) is 0 Å². The predicted molar refractivity (Wildman–Crippen MR) is 109 cm³/mol. The lowest BCUT2D eigenvalue weighted by Gasteiger charge is -2.16. The number of aryl methyl sites for hydroxylation is 1. The van der Waals surface area contributed by atoms with Crippen LogP contribution in [0.4, 0.5) is 11.4 Å². The molecule has 1 heterocycles. The maximum absolute atomic E-state index is 12.5. The first-order valence-corrected chi connectivity index (χ1v) is 9.09. The summed E-state index contributed by atoms with van der Waals surface area (Å²) in [4.78, 5) is 26.4. The van der Waals surface area contributed by atoms with Crippen molar-refractivity contribution >= 4 is 23.2 Å². The molecule has 140 valence electrons. The largest absolute Gasteiger partial charge is 0.484 e. The molecule has 0 saturated heterocycles. The van der Waals surface area contributed by atoms with Crippen LogP contribution in [0.3, 0.4) is 0 Å². The molecule has 3 aromatic carbocycles. The van der Waals surface area contributed by atoms with Gasteiger partial charge in [0.15, 0.2) is 6.61 Å². The summed E-state index contributed by atoms with van der Waals surface area (Å²) in [7, 11) is 0. The molecule has 28 heavy (non-hydrogen) atoms. The number of hydrogen-bond donors (Lipinski definition) is 1. The molecule has 0 unspecified atom stereocenters. The summed E-state index contributed by atoms with van der Waals surface area (Å²) in [5.41, 5.74) is 4.36. The van der Waals surface area contributed by atoms with Gasteiger partial charge in [-0.2, -0.15) is 0 Å². The van der Waals surface area contributed by atoms with Crippen LogP contribution in [-0.4, -0.2) is 18.4 Å². The molecule has 5 heteroatoms. The molecular formula is C23H20N2O3. The number of nitrogens with one attached hydrogen (secondary N) is 1. The number of amides is 2. The average Bonchev–Trinajstić information content (AvgIpc) is 3.05. The Bertz CT molecular complexity index is 1010. The van der Waals surface area contributed by atoms with E-state index in [-0.39, 0.29) is 18.4 Å². The van der Waals surface area contributed by atoms with E-state index >= 15 is 0 Å². The fraction of sp³-hybridized carbons (Fsp3) is 0.130. The van der Waals surface area contributed by atoms with Crippen LogP contribution in [-0.2, 0) is 11.3 Å². The normalized spacial score (nSPS) is 12.6. The number of ether oxygens (including phenoxy) is 1. The molecule has 0 fully saturated rings. The van der Waals surface area contributed by atoms with Gasteiger partial charge < -0.3 is 15.0 Å². The molecule has 2 amide bonds. The van der Waals surface area contributed by atoms with Crippen molar-refractivity contribution in [2.24, 2.45) is 0 Å². The fourth-order valence-electron chi connectivity index (χ4n) is 3.17. The van der Waals surface area contributed by atoms with Crippen molar-refractivity contribution in [3.05, 3.63) is 89.5 Å². The van der Waals surface area contributed by atoms with Crippen molar-refractivity contribution in [2.75, 3.05) is 16.8 Å². The summed E-state index contributed by atoms with van der Waals surface area (Å²) < 4.78 is 5.48. The number of benzene rings is 3. The number of hydrogen-bond acceptors (Lipinski definition) is 3. The molecule has 0 atom stereocenters. The second-order valence-corrected chi connectivity index (χ2v) is 6.75. The molecule has 1 aliphatic heterocycles. The van der Waals surface area contributed by atoms with Gasteiger partial charge >= 0.3 is 0 Å². The molecule has 0 bridgehead atoms. The number of carbonyl (C=O) groups is 2. The van der Waals surface area contributed by atoms with Crippen molar-refractivity contribution in [3.63, 3.8) is 0 Å².